The fourth-order valence-corrected chi connectivity index (χ4v) is 3.92. The molecule has 1 aromatic heterocycles. The molecule has 2 aromatic carbocycles. The third-order valence-corrected chi connectivity index (χ3v) is 5.07. The Bertz CT molecular complexity index is 1010. The van der Waals surface area contributed by atoms with E-state index in [1.807, 2.05) is 48.2 Å². The lowest BCUT2D eigenvalue weighted by Gasteiger charge is -2.18. The predicted molar refractivity (Wildman–Crippen MR) is 109 cm³/mol. The molecule has 1 atom stereocenters. The van der Waals surface area contributed by atoms with Crippen LogP contribution in [0, 0.1) is 6.92 Å². The molecule has 0 saturated carbocycles. The van der Waals surface area contributed by atoms with Crippen molar-refractivity contribution in [3.8, 4) is 0 Å². The molecule has 1 amide bonds. The Labute approximate surface area is 161 Å². The van der Waals surface area contributed by atoms with Gasteiger partial charge in [0.1, 0.15) is 5.82 Å². The summed E-state index contributed by atoms with van der Waals surface area (Å²) < 4.78 is 3.06. The van der Waals surface area contributed by atoms with Gasteiger partial charge in [-0.2, -0.15) is 0 Å². The second-order valence-corrected chi connectivity index (χ2v) is 7.93. The molecule has 1 unspecified atom stereocenters. The summed E-state index contributed by atoms with van der Waals surface area (Å²) in [5.41, 5.74) is 4.15. The first-order chi connectivity index (χ1) is 12.5. The molecular weight excluding hydrogens is 390 g/mol. The van der Waals surface area contributed by atoms with Crippen LogP contribution in [0.1, 0.15) is 23.7 Å². The third-order valence-electron chi connectivity index (χ3n) is 4.82. The number of para-hydroxylation sites is 2. The van der Waals surface area contributed by atoms with Gasteiger partial charge in [0, 0.05) is 29.1 Å². The number of allylic oxidation sites excluding steroid dienone is 1. The lowest BCUT2D eigenvalue weighted by atomic mass is 10.1. The van der Waals surface area contributed by atoms with E-state index in [9.17, 15) is 4.79 Å². The highest BCUT2D eigenvalue weighted by molar-refractivity contribution is 9.11. The number of anilines is 1. The summed E-state index contributed by atoms with van der Waals surface area (Å²) in [7, 11) is 0. The van der Waals surface area contributed by atoms with Gasteiger partial charge in [-0.25, -0.2) is 4.98 Å². The van der Waals surface area contributed by atoms with E-state index in [1.165, 1.54) is 0 Å². The van der Waals surface area contributed by atoms with Gasteiger partial charge in [0.15, 0.2) is 0 Å². The van der Waals surface area contributed by atoms with Crippen molar-refractivity contribution in [1.29, 1.82) is 0 Å². The number of aryl methyl sites for hydroxylation is 1. The topological polar surface area (TPSA) is 38.1 Å². The second-order valence-electron chi connectivity index (χ2n) is 6.81. The molecule has 132 valence electrons. The first kappa shape index (κ1) is 17.0. The maximum Gasteiger partial charge on any atom is 0.227 e. The van der Waals surface area contributed by atoms with Gasteiger partial charge in [-0.05, 0) is 36.8 Å². The Balaban J connectivity index is 1.72. The zero-order chi connectivity index (χ0) is 18.3. The van der Waals surface area contributed by atoms with Crippen LogP contribution < -0.4 is 4.90 Å². The van der Waals surface area contributed by atoms with E-state index in [0.717, 1.165) is 32.6 Å². The van der Waals surface area contributed by atoms with Crippen molar-refractivity contribution in [2.45, 2.75) is 25.8 Å². The number of halogens is 1. The summed E-state index contributed by atoms with van der Waals surface area (Å²) in [6.45, 7) is 7.32. The number of aromatic nitrogens is 2. The van der Waals surface area contributed by atoms with Gasteiger partial charge < -0.3 is 9.47 Å². The molecular formula is C21H20BrN3O. The average Bonchev–Trinajstić information content (AvgIpc) is 3.16. The van der Waals surface area contributed by atoms with Crippen molar-refractivity contribution in [1.82, 2.24) is 9.55 Å². The normalized spacial score (nSPS) is 17.2. The van der Waals surface area contributed by atoms with Crippen LogP contribution in [-0.4, -0.2) is 22.0 Å². The van der Waals surface area contributed by atoms with Crippen LogP contribution >= 0.6 is 15.9 Å². The SMILES string of the molecule is C=C(Br)Cn1c(C2CC(=O)N(c3cccc(C)c3)C2)nc2ccccc21. The van der Waals surface area contributed by atoms with E-state index in [4.69, 9.17) is 4.98 Å². The predicted octanol–water partition coefficient (Wildman–Crippen LogP) is 4.77. The van der Waals surface area contributed by atoms with Crippen LogP contribution in [0.3, 0.4) is 0 Å². The van der Waals surface area contributed by atoms with Gasteiger partial charge in [-0.3, -0.25) is 4.79 Å². The number of amides is 1. The molecule has 3 aromatic rings. The van der Waals surface area contributed by atoms with Gasteiger partial charge in [-0.1, -0.05) is 46.8 Å². The molecule has 4 rings (SSSR count). The van der Waals surface area contributed by atoms with Crippen molar-refractivity contribution in [3.63, 3.8) is 0 Å². The number of nitrogens with zero attached hydrogens (tertiary/aromatic N) is 3. The number of benzene rings is 2. The number of hydrogen-bond acceptors (Lipinski definition) is 2. The maximum atomic E-state index is 12.7. The smallest absolute Gasteiger partial charge is 0.227 e. The maximum absolute atomic E-state index is 12.7. The monoisotopic (exact) mass is 409 g/mol. The van der Waals surface area contributed by atoms with Crippen LogP contribution in [0.4, 0.5) is 5.69 Å². The summed E-state index contributed by atoms with van der Waals surface area (Å²) in [6.07, 6.45) is 0.478. The molecule has 1 saturated heterocycles. The lowest BCUT2D eigenvalue weighted by Crippen LogP contribution is -2.24. The van der Waals surface area contributed by atoms with Crippen molar-refractivity contribution in [2.75, 3.05) is 11.4 Å². The van der Waals surface area contributed by atoms with Gasteiger partial charge in [0.2, 0.25) is 5.91 Å². The number of imidazole rings is 1. The minimum absolute atomic E-state index is 0.0715. The molecule has 1 aliphatic rings. The van der Waals surface area contributed by atoms with Crippen LogP contribution in [0.2, 0.25) is 0 Å². The Hall–Kier alpha value is -2.40. The fourth-order valence-electron chi connectivity index (χ4n) is 3.67. The molecule has 1 fully saturated rings. The van der Waals surface area contributed by atoms with E-state index < -0.39 is 0 Å². The van der Waals surface area contributed by atoms with E-state index in [1.54, 1.807) is 0 Å². The third kappa shape index (κ3) is 3.07. The van der Waals surface area contributed by atoms with Crippen LogP contribution in [-0.2, 0) is 11.3 Å². The van der Waals surface area contributed by atoms with Crippen LogP contribution in [0.15, 0.2) is 59.6 Å². The van der Waals surface area contributed by atoms with Crippen LogP contribution in [0.25, 0.3) is 11.0 Å². The summed E-state index contributed by atoms with van der Waals surface area (Å²) in [4.78, 5) is 19.4. The van der Waals surface area contributed by atoms with Gasteiger partial charge in [0.05, 0.1) is 17.6 Å². The standard InChI is InChI=1S/C21H20BrN3O/c1-14-6-5-7-17(10-14)24-13-16(11-20(24)26)21-23-18-8-3-4-9-19(18)25(21)12-15(2)22/h3-10,16H,2,11-13H2,1H3. The molecule has 0 aliphatic carbocycles. The summed E-state index contributed by atoms with van der Waals surface area (Å²) in [6, 6.07) is 16.2. The first-order valence-electron chi connectivity index (χ1n) is 8.68. The highest BCUT2D eigenvalue weighted by atomic mass is 79.9. The molecule has 0 bridgehead atoms. The van der Waals surface area contributed by atoms with Crippen molar-refractivity contribution >= 4 is 38.6 Å². The molecule has 2 heterocycles. The molecule has 4 nitrogen and oxygen atoms in total. The highest BCUT2D eigenvalue weighted by Crippen LogP contribution is 2.34. The Kier molecular flexibility index (Phi) is 4.41. The Morgan fingerprint density at radius 1 is 1.27 bits per heavy atom. The summed E-state index contributed by atoms with van der Waals surface area (Å²) >= 11 is 3.47. The van der Waals surface area contributed by atoms with Gasteiger partial charge >= 0.3 is 0 Å². The number of carbonyl (C=O) groups excluding carboxylic acids is 1. The molecule has 26 heavy (non-hydrogen) atoms. The number of rotatable bonds is 4. The van der Waals surface area contributed by atoms with Crippen molar-refractivity contribution < 1.29 is 4.79 Å². The summed E-state index contributed by atoms with van der Waals surface area (Å²) in [5.74, 6) is 1.18. The second kappa shape index (κ2) is 6.72. The first-order valence-corrected chi connectivity index (χ1v) is 9.47. The minimum atomic E-state index is 0.0715. The summed E-state index contributed by atoms with van der Waals surface area (Å²) in [5, 5.41) is 0. The Morgan fingerprint density at radius 2 is 2.08 bits per heavy atom. The van der Waals surface area contributed by atoms with Gasteiger partial charge in [0.25, 0.3) is 0 Å². The largest absolute Gasteiger partial charge is 0.323 e. The molecule has 0 N–H and O–H groups in total. The van der Waals surface area contributed by atoms with Gasteiger partial charge in [-0.15, -0.1) is 0 Å². The lowest BCUT2D eigenvalue weighted by molar-refractivity contribution is -0.117. The molecule has 0 spiro atoms. The zero-order valence-electron chi connectivity index (χ0n) is 14.7. The quantitative estimate of drug-likeness (QED) is 0.621. The molecule has 0 radical (unpaired) electrons. The molecule has 1 aliphatic heterocycles. The van der Waals surface area contributed by atoms with E-state index >= 15 is 0 Å². The Morgan fingerprint density at radius 3 is 2.85 bits per heavy atom. The highest BCUT2D eigenvalue weighted by Gasteiger charge is 2.34. The van der Waals surface area contributed by atoms with E-state index in [0.29, 0.717) is 19.5 Å². The fraction of sp³-hybridized carbons (Fsp3) is 0.238. The van der Waals surface area contributed by atoms with Crippen molar-refractivity contribution in [2.24, 2.45) is 0 Å². The van der Waals surface area contributed by atoms with E-state index in [2.05, 4.69) is 39.2 Å². The minimum Gasteiger partial charge on any atom is -0.323 e. The van der Waals surface area contributed by atoms with Crippen LogP contribution in [0.5, 0.6) is 0 Å². The number of carbonyl (C=O) groups is 1. The van der Waals surface area contributed by atoms with Crippen molar-refractivity contribution in [3.05, 3.63) is 71.0 Å². The number of fused-ring (bicyclic) bond motifs is 1. The zero-order valence-corrected chi connectivity index (χ0v) is 16.2. The van der Waals surface area contributed by atoms with E-state index in [-0.39, 0.29) is 11.8 Å². The average molecular weight is 410 g/mol. The number of hydrogen-bond donors (Lipinski definition) is 0. The molecule has 5 heteroatoms.